The van der Waals surface area contributed by atoms with Crippen molar-refractivity contribution in [3.63, 3.8) is 0 Å². The molecule has 3 aromatic carbocycles. The summed E-state index contributed by atoms with van der Waals surface area (Å²) in [5.41, 5.74) is 2.85. The highest BCUT2D eigenvalue weighted by molar-refractivity contribution is 6.31. The average Bonchev–Trinajstić information content (AvgIpc) is 2.70. The van der Waals surface area contributed by atoms with Crippen LogP contribution in [-0.4, -0.2) is 13.0 Å². The Morgan fingerprint density at radius 2 is 1.68 bits per heavy atom. The number of nitrogens with one attached hydrogen (secondary N) is 1. The van der Waals surface area contributed by atoms with E-state index in [-0.39, 0.29) is 12.5 Å². The molecule has 1 N–H and O–H groups in total. The number of amides is 1. The molecular formula is C22H19Cl2NO3. The number of carbonyl (C=O) groups excluding carboxylic acids is 1. The van der Waals surface area contributed by atoms with E-state index in [1.54, 1.807) is 61.7 Å². The average molecular weight is 416 g/mol. The second kappa shape index (κ2) is 9.00. The summed E-state index contributed by atoms with van der Waals surface area (Å²) in [4.78, 5) is 12.7. The first kappa shape index (κ1) is 20.1. The topological polar surface area (TPSA) is 47.6 Å². The Hall–Kier alpha value is -2.69. The molecule has 4 nitrogen and oxygen atoms in total. The van der Waals surface area contributed by atoms with Crippen LogP contribution in [0.1, 0.15) is 21.5 Å². The van der Waals surface area contributed by atoms with Gasteiger partial charge in [0.15, 0.2) is 0 Å². The predicted octanol–water partition coefficient (Wildman–Crippen LogP) is 6.14. The summed E-state index contributed by atoms with van der Waals surface area (Å²) >= 11 is 11.9. The highest BCUT2D eigenvalue weighted by atomic mass is 35.5. The number of ether oxygens (including phenoxy) is 2. The highest BCUT2D eigenvalue weighted by Crippen LogP contribution is 2.25. The molecule has 1 amide bonds. The van der Waals surface area contributed by atoms with E-state index in [9.17, 15) is 4.79 Å². The molecule has 0 bridgehead atoms. The third-order valence-corrected chi connectivity index (χ3v) is 4.69. The molecule has 0 fully saturated rings. The molecule has 0 heterocycles. The van der Waals surface area contributed by atoms with Crippen LogP contribution in [0.4, 0.5) is 5.69 Å². The molecule has 3 rings (SSSR count). The molecule has 0 aromatic heterocycles. The number of benzene rings is 3. The largest absolute Gasteiger partial charge is 0.496 e. The highest BCUT2D eigenvalue weighted by Gasteiger charge is 2.12. The molecule has 0 atom stereocenters. The maximum absolute atomic E-state index is 12.7. The van der Waals surface area contributed by atoms with Gasteiger partial charge in [0, 0.05) is 26.9 Å². The Bertz CT molecular complexity index is 988. The molecule has 0 unspecified atom stereocenters. The number of aryl methyl sites for hydroxylation is 1. The Labute approximate surface area is 174 Å². The minimum absolute atomic E-state index is 0.235. The van der Waals surface area contributed by atoms with Crippen LogP contribution in [0.25, 0.3) is 0 Å². The van der Waals surface area contributed by atoms with Gasteiger partial charge in [0.25, 0.3) is 5.91 Å². The fourth-order valence-corrected chi connectivity index (χ4v) is 2.95. The Morgan fingerprint density at radius 1 is 0.964 bits per heavy atom. The monoisotopic (exact) mass is 415 g/mol. The molecule has 0 saturated heterocycles. The first-order valence-electron chi connectivity index (χ1n) is 8.59. The lowest BCUT2D eigenvalue weighted by atomic mass is 10.1. The van der Waals surface area contributed by atoms with Crippen LogP contribution < -0.4 is 14.8 Å². The van der Waals surface area contributed by atoms with Gasteiger partial charge in [0.05, 0.1) is 7.11 Å². The maximum atomic E-state index is 12.7. The van der Waals surface area contributed by atoms with Gasteiger partial charge in [-0.1, -0.05) is 29.3 Å². The van der Waals surface area contributed by atoms with E-state index in [1.807, 2.05) is 13.0 Å². The van der Waals surface area contributed by atoms with Crippen LogP contribution >= 0.6 is 23.2 Å². The fraction of sp³-hybridized carbons (Fsp3) is 0.136. The van der Waals surface area contributed by atoms with E-state index in [0.717, 1.165) is 11.1 Å². The lowest BCUT2D eigenvalue weighted by Gasteiger charge is -2.13. The van der Waals surface area contributed by atoms with Crippen LogP contribution in [0.3, 0.4) is 0 Å². The third kappa shape index (κ3) is 4.97. The van der Waals surface area contributed by atoms with Gasteiger partial charge in [-0.25, -0.2) is 0 Å². The Morgan fingerprint density at radius 3 is 2.39 bits per heavy atom. The van der Waals surface area contributed by atoms with E-state index in [4.69, 9.17) is 32.7 Å². The van der Waals surface area contributed by atoms with Gasteiger partial charge in [-0.15, -0.1) is 0 Å². The van der Waals surface area contributed by atoms with Crippen molar-refractivity contribution in [3.8, 4) is 11.5 Å². The van der Waals surface area contributed by atoms with Gasteiger partial charge < -0.3 is 14.8 Å². The molecular weight excluding hydrogens is 397 g/mol. The number of rotatable bonds is 6. The van der Waals surface area contributed by atoms with Crippen LogP contribution in [0.2, 0.25) is 10.0 Å². The van der Waals surface area contributed by atoms with E-state index in [1.165, 1.54) is 0 Å². The van der Waals surface area contributed by atoms with Crippen molar-refractivity contribution in [1.29, 1.82) is 0 Å². The van der Waals surface area contributed by atoms with Crippen LogP contribution in [-0.2, 0) is 6.61 Å². The number of halogens is 2. The molecule has 0 saturated carbocycles. The zero-order chi connectivity index (χ0) is 20.1. The summed E-state index contributed by atoms with van der Waals surface area (Å²) in [5, 5.41) is 4.09. The first-order chi connectivity index (χ1) is 13.5. The molecule has 0 spiro atoms. The number of hydrogen-bond acceptors (Lipinski definition) is 3. The summed E-state index contributed by atoms with van der Waals surface area (Å²) in [5.74, 6) is 1.08. The minimum atomic E-state index is -0.235. The summed E-state index contributed by atoms with van der Waals surface area (Å²) < 4.78 is 11.2. The van der Waals surface area contributed by atoms with E-state index < -0.39 is 0 Å². The molecule has 0 radical (unpaired) electrons. The smallest absolute Gasteiger partial charge is 0.255 e. The van der Waals surface area contributed by atoms with Gasteiger partial charge in [-0.3, -0.25) is 4.79 Å². The molecule has 6 heteroatoms. The molecule has 0 aliphatic rings. The second-order valence-corrected chi connectivity index (χ2v) is 7.06. The molecule has 0 aliphatic heterocycles. The Balaban J connectivity index is 1.78. The van der Waals surface area contributed by atoms with E-state index in [0.29, 0.717) is 32.8 Å². The van der Waals surface area contributed by atoms with Crippen molar-refractivity contribution >= 4 is 34.8 Å². The normalized spacial score (nSPS) is 10.4. The van der Waals surface area contributed by atoms with Crippen molar-refractivity contribution < 1.29 is 14.3 Å². The van der Waals surface area contributed by atoms with Crippen LogP contribution in [0.15, 0.2) is 60.7 Å². The summed E-state index contributed by atoms with van der Waals surface area (Å²) in [6.45, 7) is 2.16. The number of hydrogen-bond donors (Lipinski definition) is 1. The molecule has 144 valence electrons. The van der Waals surface area contributed by atoms with Gasteiger partial charge in [0.2, 0.25) is 0 Å². The fourth-order valence-electron chi connectivity index (χ4n) is 2.65. The van der Waals surface area contributed by atoms with E-state index in [2.05, 4.69) is 5.32 Å². The van der Waals surface area contributed by atoms with Gasteiger partial charge in [-0.2, -0.15) is 0 Å². The lowest BCUT2D eigenvalue weighted by molar-refractivity contribution is 0.102. The summed E-state index contributed by atoms with van der Waals surface area (Å²) in [7, 11) is 1.58. The first-order valence-corrected chi connectivity index (χ1v) is 9.34. The molecule has 0 aliphatic carbocycles. The third-order valence-electron chi connectivity index (χ3n) is 4.20. The second-order valence-electron chi connectivity index (χ2n) is 6.18. The summed E-state index contributed by atoms with van der Waals surface area (Å²) in [6, 6.07) is 17.7. The van der Waals surface area contributed by atoms with Crippen LogP contribution in [0, 0.1) is 6.92 Å². The predicted molar refractivity (Wildman–Crippen MR) is 113 cm³/mol. The van der Waals surface area contributed by atoms with Crippen molar-refractivity contribution in [3.05, 3.63) is 87.4 Å². The summed E-state index contributed by atoms with van der Waals surface area (Å²) in [6.07, 6.45) is 0. The van der Waals surface area contributed by atoms with Crippen molar-refractivity contribution in [2.24, 2.45) is 0 Å². The van der Waals surface area contributed by atoms with E-state index >= 15 is 0 Å². The zero-order valence-corrected chi connectivity index (χ0v) is 17.0. The number of carbonyl (C=O) groups is 1. The standard InChI is InChI=1S/C22H19Cl2NO3/c1-14-3-5-18(24)12-20(14)25-22(26)15-4-10-21(27-2)16(11-15)13-28-19-8-6-17(23)7-9-19/h3-12H,13H2,1-2H3,(H,25,26). The molecule has 28 heavy (non-hydrogen) atoms. The van der Waals surface area contributed by atoms with Gasteiger partial charge >= 0.3 is 0 Å². The van der Waals surface area contributed by atoms with Crippen LogP contribution in [0.5, 0.6) is 11.5 Å². The lowest BCUT2D eigenvalue weighted by Crippen LogP contribution is -2.13. The molecule has 3 aromatic rings. The van der Waals surface area contributed by atoms with Crippen molar-refractivity contribution in [2.45, 2.75) is 13.5 Å². The quantitative estimate of drug-likeness (QED) is 0.525. The number of methoxy groups -OCH3 is 1. The van der Waals surface area contributed by atoms with Gasteiger partial charge in [0.1, 0.15) is 18.1 Å². The minimum Gasteiger partial charge on any atom is -0.496 e. The van der Waals surface area contributed by atoms with Crippen molar-refractivity contribution in [1.82, 2.24) is 0 Å². The number of anilines is 1. The maximum Gasteiger partial charge on any atom is 0.255 e. The van der Waals surface area contributed by atoms with Crippen molar-refractivity contribution in [2.75, 3.05) is 12.4 Å². The zero-order valence-electron chi connectivity index (χ0n) is 15.5. The Kier molecular flexibility index (Phi) is 6.45. The SMILES string of the molecule is COc1ccc(C(=O)Nc2cc(Cl)ccc2C)cc1COc1ccc(Cl)cc1. The van der Waals surface area contributed by atoms with Gasteiger partial charge in [-0.05, 0) is 67.1 Å².